The van der Waals surface area contributed by atoms with Crippen LogP contribution in [0.3, 0.4) is 0 Å². The van der Waals surface area contributed by atoms with Gasteiger partial charge in [-0.3, -0.25) is 9.69 Å². The molecular weight excluding hydrogens is 262 g/mol. The lowest BCUT2D eigenvalue weighted by Crippen LogP contribution is -2.46. The van der Waals surface area contributed by atoms with E-state index in [4.69, 9.17) is 0 Å². The molecule has 1 N–H and O–H groups in total. The van der Waals surface area contributed by atoms with Gasteiger partial charge >= 0.3 is 5.97 Å². The molecule has 0 aromatic heterocycles. The average molecular weight is 295 g/mol. The predicted molar refractivity (Wildman–Crippen MR) is 86.4 cm³/mol. The number of carboxylic acid groups (broad SMARTS) is 1. The normalized spacial score (nSPS) is 33.2. The first-order valence-electron chi connectivity index (χ1n) is 8.57. The third-order valence-corrected chi connectivity index (χ3v) is 5.62. The molecule has 0 spiro atoms. The Morgan fingerprint density at radius 1 is 1.19 bits per heavy atom. The maximum absolute atomic E-state index is 11.8. The van der Waals surface area contributed by atoms with E-state index in [0.717, 1.165) is 32.4 Å². The number of likely N-dealkylation sites (tertiary alicyclic amines) is 1. The number of hydrogen-bond acceptors (Lipinski definition) is 2. The molecule has 21 heavy (non-hydrogen) atoms. The molecule has 0 aromatic rings. The van der Waals surface area contributed by atoms with Crippen molar-refractivity contribution < 1.29 is 9.90 Å². The zero-order valence-electron chi connectivity index (χ0n) is 14.5. The van der Waals surface area contributed by atoms with Gasteiger partial charge in [-0.15, -0.1) is 0 Å². The number of carboxylic acids is 1. The Bertz CT molecular complexity index is 386. The van der Waals surface area contributed by atoms with E-state index < -0.39 is 11.4 Å². The molecule has 0 bridgehead atoms. The van der Waals surface area contributed by atoms with E-state index in [-0.39, 0.29) is 0 Å². The summed E-state index contributed by atoms with van der Waals surface area (Å²) in [4.78, 5) is 14.3. The van der Waals surface area contributed by atoms with Gasteiger partial charge in [0.25, 0.3) is 0 Å². The fraction of sp³-hybridized carbons (Fsp3) is 0.944. The van der Waals surface area contributed by atoms with Crippen LogP contribution >= 0.6 is 0 Å². The van der Waals surface area contributed by atoms with Crippen molar-refractivity contribution in [3.63, 3.8) is 0 Å². The van der Waals surface area contributed by atoms with Crippen molar-refractivity contribution >= 4 is 5.97 Å². The van der Waals surface area contributed by atoms with Gasteiger partial charge in [0.15, 0.2) is 0 Å². The smallest absolute Gasteiger partial charge is 0.310 e. The predicted octanol–water partition coefficient (Wildman–Crippen LogP) is 4.17. The zero-order chi connectivity index (χ0) is 15.9. The van der Waals surface area contributed by atoms with Crippen LogP contribution in [0.1, 0.15) is 73.1 Å². The summed E-state index contributed by atoms with van der Waals surface area (Å²) in [7, 11) is 0. The van der Waals surface area contributed by atoms with Gasteiger partial charge in [-0.25, -0.2) is 0 Å². The largest absolute Gasteiger partial charge is 0.481 e. The molecule has 0 aromatic carbocycles. The Labute approximate surface area is 130 Å². The van der Waals surface area contributed by atoms with Gasteiger partial charge in [0.2, 0.25) is 0 Å². The summed E-state index contributed by atoms with van der Waals surface area (Å²) in [5, 5.41) is 9.69. The van der Waals surface area contributed by atoms with Crippen molar-refractivity contribution in [1.82, 2.24) is 4.90 Å². The topological polar surface area (TPSA) is 40.5 Å². The minimum absolute atomic E-state index is 0.367. The Balaban J connectivity index is 2.11. The highest BCUT2D eigenvalue weighted by Gasteiger charge is 2.48. The fourth-order valence-electron chi connectivity index (χ4n) is 5.23. The minimum Gasteiger partial charge on any atom is -0.481 e. The van der Waals surface area contributed by atoms with Crippen molar-refractivity contribution in [2.24, 2.45) is 16.2 Å². The van der Waals surface area contributed by atoms with E-state index in [2.05, 4.69) is 39.5 Å². The number of aliphatic carboxylic acids is 1. The van der Waals surface area contributed by atoms with E-state index >= 15 is 0 Å². The first-order chi connectivity index (χ1) is 9.59. The second kappa shape index (κ2) is 5.57. The second-order valence-electron chi connectivity index (χ2n) is 9.12. The van der Waals surface area contributed by atoms with Crippen LogP contribution in [0.2, 0.25) is 0 Å². The maximum atomic E-state index is 11.8. The molecule has 1 aliphatic heterocycles. The standard InChI is InChI=1S/C18H33NO2/c1-6-7-18(15(20)21)8-9-19(13-18)14-10-16(2,3)12-17(4,5)11-14/h14H,6-13H2,1-5H3,(H,20,21). The Kier molecular flexibility index (Phi) is 4.45. The van der Waals surface area contributed by atoms with Gasteiger partial charge in [0.05, 0.1) is 5.41 Å². The fourth-order valence-corrected chi connectivity index (χ4v) is 5.23. The summed E-state index contributed by atoms with van der Waals surface area (Å²) in [5.74, 6) is -0.582. The lowest BCUT2D eigenvalue weighted by molar-refractivity contribution is -0.148. The van der Waals surface area contributed by atoms with Gasteiger partial charge < -0.3 is 5.11 Å². The molecule has 0 radical (unpaired) electrons. The summed E-state index contributed by atoms with van der Waals surface area (Å²) in [6, 6.07) is 0.557. The molecule has 2 rings (SSSR count). The van der Waals surface area contributed by atoms with Gasteiger partial charge in [-0.2, -0.15) is 0 Å². The Hall–Kier alpha value is -0.570. The van der Waals surface area contributed by atoms with Gasteiger partial charge in [-0.1, -0.05) is 41.0 Å². The SMILES string of the molecule is CCCC1(C(=O)O)CCN(C2CC(C)(C)CC(C)(C)C2)C1. The van der Waals surface area contributed by atoms with E-state index in [9.17, 15) is 9.90 Å². The number of hydrogen-bond donors (Lipinski definition) is 1. The Morgan fingerprint density at radius 3 is 2.24 bits per heavy atom. The van der Waals surface area contributed by atoms with Crippen LogP contribution in [0, 0.1) is 16.2 Å². The lowest BCUT2D eigenvalue weighted by atomic mass is 9.63. The monoisotopic (exact) mass is 295 g/mol. The molecule has 3 heteroatoms. The summed E-state index contributed by atoms with van der Waals surface area (Å²) in [6.07, 6.45) is 6.29. The van der Waals surface area contributed by atoms with Crippen molar-refractivity contribution in [3.05, 3.63) is 0 Å². The van der Waals surface area contributed by atoms with Crippen LogP contribution in [0.15, 0.2) is 0 Å². The van der Waals surface area contributed by atoms with E-state index in [0.29, 0.717) is 16.9 Å². The minimum atomic E-state index is -0.582. The lowest BCUT2D eigenvalue weighted by Gasteiger charge is -2.48. The molecule has 1 unspecified atom stereocenters. The van der Waals surface area contributed by atoms with Crippen molar-refractivity contribution in [1.29, 1.82) is 0 Å². The molecule has 1 atom stereocenters. The highest BCUT2D eigenvalue weighted by molar-refractivity contribution is 5.75. The van der Waals surface area contributed by atoms with E-state index in [1.807, 2.05) is 0 Å². The van der Waals surface area contributed by atoms with Crippen molar-refractivity contribution in [2.75, 3.05) is 13.1 Å². The number of rotatable bonds is 4. The number of carbonyl (C=O) groups is 1. The van der Waals surface area contributed by atoms with Crippen LogP contribution in [-0.2, 0) is 4.79 Å². The number of nitrogens with zero attached hydrogens (tertiary/aromatic N) is 1. The highest BCUT2D eigenvalue weighted by atomic mass is 16.4. The quantitative estimate of drug-likeness (QED) is 0.846. The summed E-state index contributed by atoms with van der Waals surface area (Å²) in [6.45, 7) is 13.3. The molecule has 3 nitrogen and oxygen atoms in total. The molecule has 2 aliphatic rings. The molecular formula is C18H33NO2. The summed E-state index contributed by atoms with van der Waals surface area (Å²) in [5.41, 5.74) is 0.248. The molecule has 0 amide bonds. The van der Waals surface area contributed by atoms with Crippen molar-refractivity contribution in [2.45, 2.75) is 79.2 Å². The van der Waals surface area contributed by atoms with Gasteiger partial charge in [0.1, 0.15) is 0 Å². The maximum Gasteiger partial charge on any atom is 0.310 e. The van der Waals surface area contributed by atoms with Crippen molar-refractivity contribution in [3.8, 4) is 0 Å². The molecule has 1 heterocycles. The summed E-state index contributed by atoms with van der Waals surface area (Å²) < 4.78 is 0. The highest BCUT2D eigenvalue weighted by Crippen LogP contribution is 2.49. The van der Waals surface area contributed by atoms with Crippen LogP contribution in [0.25, 0.3) is 0 Å². The molecule has 122 valence electrons. The molecule has 1 saturated carbocycles. The van der Waals surface area contributed by atoms with Crippen LogP contribution < -0.4 is 0 Å². The summed E-state index contributed by atoms with van der Waals surface area (Å²) >= 11 is 0. The molecule has 1 aliphatic carbocycles. The molecule has 2 fully saturated rings. The zero-order valence-corrected chi connectivity index (χ0v) is 14.5. The third-order valence-electron chi connectivity index (χ3n) is 5.62. The van der Waals surface area contributed by atoms with Gasteiger partial charge in [0, 0.05) is 12.6 Å². The third kappa shape index (κ3) is 3.61. The van der Waals surface area contributed by atoms with Crippen LogP contribution in [0.4, 0.5) is 0 Å². The van der Waals surface area contributed by atoms with Crippen LogP contribution in [0.5, 0.6) is 0 Å². The van der Waals surface area contributed by atoms with Gasteiger partial charge in [-0.05, 0) is 49.5 Å². The molecule has 1 saturated heterocycles. The first kappa shape index (κ1) is 16.8. The van der Waals surface area contributed by atoms with Crippen LogP contribution in [-0.4, -0.2) is 35.1 Å². The average Bonchev–Trinajstić information content (AvgIpc) is 2.71. The second-order valence-corrected chi connectivity index (χ2v) is 9.12. The first-order valence-corrected chi connectivity index (χ1v) is 8.57. The van der Waals surface area contributed by atoms with E-state index in [1.165, 1.54) is 19.3 Å². The van der Waals surface area contributed by atoms with E-state index in [1.54, 1.807) is 0 Å². The Morgan fingerprint density at radius 2 is 1.76 bits per heavy atom.